The van der Waals surface area contributed by atoms with E-state index < -0.39 is 31.9 Å². The molecule has 0 radical (unpaired) electrons. The number of amides is 1. The van der Waals surface area contributed by atoms with Gasteiger partial charge in [-0.1, -0.05) is 0 Å². The van der Waals surface area contributed by atoms with Crippen LogP contribution in [-0.4, -0.2) is 35.9 Å². The third-order valence-electron chi connectivity index (χ3n) is 5.51. The minimum atomic E-state index is -4.71. The molecule has 12 heteroatoms. The maximum atomic E-state index is 12.7. The second-order valence-electron chi connectivity index (χ2n) is 7.55. The van der Waals surface area contributed by atoms with Crippen LogP contribution in [0.5, 0.6) is 0 Å². The molecule has 1 saturated carbocycles. The number of aromatic nitrogens is 2. The van der Waals surface area contributed by atoms with Gasteiger partial charge in [0.15, 0.2) is 5.82 Å². The summed E-state index contributed by atoms with van der Waals surface area (Å²) in [5.74, 6) is -4.15. The smallest absolute Gasteiger partial charge is 0.341 e. The predicted molar refractivity (Wildman–Crippen MR) is 108 cm³/mol. The number of nitriles is 1. The number of benzene rings is 1. The van der Waals surface area contributed by atoms with Crippen molar-refractivity contribution < 1.29 is 22.0 Å². The molecular formula is C19H22F2N6O3S. The third-order valence-corrected chi connectivity index (χ3v) is 6.91. The summed E-state index contributed by atoms with van der Waals surface area (Å²) in [6.45, 7) is 0. The Balaban J connectivity index is 1.93. The summed E-state index contributed by atoms with van der Waals surface area (Å²) in [6.07, 6.45) is 4.29. The van der Waals surface area contributed by atoms with E-state index in [9.17, 15) is 27.3 Å². The lowest BCUT2D eigenvalue weighted by molar-refractivity contribution is 0.1000. The van der Waals surface area contributed by atoms with Gasteiger partial charge in [0.25, 0.3) is 5.91 Å². The second kappa shape index (κ2) is 8.60. The summed E-state index contributed by atoms with van der Waals surface area (Å²) in [7, 11) is -4.71. The highest BCUT2D eigenvalue weighted by Gasteiger charge is 2.38. The van der Waals surface area contributed by atoms with Crippen LogP contribution < -0.4 is 16.8 Å². The van der Waals surface area contributed by atoms with Crippen molar-refractivity contribution in [2.75, 3.05) is 5.32 Å². The van der Waals surface area contributed by atoms with E-state index in [0.29, 0.717) is 31.4 Å². The first-order valence-corrected chi connectivity index (χ1v) is 11.1. The number of nitrogens with zero attached hydrogens (tertiary/aromatic N) is 3. The van der Waals surface area contributed by atoms with Crippen LogP contribution in [0.4, 0.5) is 20.3 Å². The van der Waals surface area contributed by atoms with Gasteiger partial charge in [0.05, 0.1) is 22.9 Å². The van der Waals surface area contributed by atoms with Crippen LogP contribution >= 0.6 is 0 Å². The van der Waals surface area contributed by atoms with E-state index in [-0.39, 0.29) is 23.8 Å². The Labute approximate surface area is 177 Å². The first-order chi connectivity index (χ1) is 14.6. The lowest BCUT2D eigenvalue weighted by Crippen LogP contribution is -2.41. The van der Waals surface area contributed by atoms with E-state index in [4.69, 9.17) is 11.5 Å². The van der Waals surface area contributed by atoms with E-state index >= 15 is 0 Å². The SMILES string of the molecule is N#CC[C@]1(n2cc(C(N)=O)c(Nc3ccc(S(=O)(=O)C(F)F)cc3)n2)CC[C@H](N)CC1. The fourth-order valence-corrected chi connectivity index (χ4v) is 4.39. The minimum Gasteiger partial charge on any atom is -0.365 e. The van der Waals surface area contributed by atoms with Gasteiger partial charge in [-0.3, -0.25) is 9.48 Å². The standard InChI is InChI=1S/C19H22F2N6O3S/c20-18(21)31(29,30)14-3-1-13(2-4-14)25-17-15(16(24)28)11-27(26-17)19(9-10-22)7-5-12(23)6-8-19/h1-4,11-12,18H,5-9,23H2,(H2,24,28)(H,25,26)/t12-,19-. The maximum Gasteiger partial charge on any atom is 0.341 e. The fraction of sp³-hybridized carbons (Fsp3) is 0.421. The molecular weight excluding hydrogens is 430 g/mol. The zero-order valence-electron chi connectivity index (χ0n) is 16.5. The van der Waals surface area contributed by atoms with Gasteiger partial charge in [-0.05, 0) is 49.9 Å². The Bertz CT molecular complexity index is 1100. The molecule has 1 aliphatic rings. The molecule has 166 valence electrons. The van der Waals surface area contributed by atoms with Crippen molar-refractivity contribution in [3.63, 3.8) is 0 Å². The van der Waals surface area contributed by atoms with Gasteiger partial charge in [-0.15, -0.1) is 0 Å². The Morgan fingerprint density at radius 3 is 2.45 bits per heavy atom. The average Bonchev–Trinajstić information content (AvgIpc) is 3.15. The van der Waals surface area contributed by atoms with Crippen molar-refractivity contribution in [3.8, 4) is 6.07 Å². The Kier molecular flexibility index (Phi) is 6.28. The van der Waals surface area contributed by atoms with Crippen LogP contribution in [0, 0.1) is 11.3 Å². The quantitative estimate of drug-likeness (QED) is 0.581. The van der Waals surface area contributed by atoms with Gasteiger partial charge in [0, 0.05) is 17.9 Å². The molecule has 0 aliphatic heterocycles. The number of primary amides is 1. The largest absolute Gasteiger partial charge is 0.365 e. The number of carbonyl (C=O) groups is 1. The van der Waals surface area contributed by atoms with Gasteiger partial charge in [0.1, 0.15) is 5.56 Å². The van der Waals surface area contributed by atoms with E-state index in [0.717, 1.165) is 12.1 Å². The molecule has 1 amide bonds. The molecule has 0 unspecified atom stereocenters. The molecule has 0 atom stereocenters. The summed E-state index contributed by atoms with van der Waals surface area (Å²) < 4.78 is 50.1. The van der Waals surface area contributed by atoms with E-state index in [1.807, 2.05) is 0 Å². The van der Waals surface area contributed by atoms with Gasteiger partial charge < -0.3 is 16.8 Å². The number of hydrogen-bond donors (Lipinski definition) is 3. The number of nitrogens with one attached hydrogen (secondary N) is 1. The molecule has 0 spiro atoms. The number of alkyl halides is 2. The van der Waals surface area contributed by atoms with Crippen molar-refractivity contribution in [1.29, 1.82) is 5.26 Å². The molecule has 1 aromatic heterocycles. The number of hydrogen-bond acceptors (Lipinski definition) is 7. The van der Waals surface area contributed by atoms with Crippen LogP contribution in [0.2, 0.25) is 0 Å². The van der Waals surface area contributed by atoms with E-state index in [2.05, 4.69) is 16.5 Å². The van der Waals surface area contributed by atoms with Gasteiger partial charge in [-0.2, -0.15) is 19.1 Å². The van der Waals surface area contributed by atoms with Crippen LogP contribution in [0.25, 0.3) is 0 Å². The Morgan fingerprint density at radius 1 is 1.32 bits per heavy atom. The van der Waals surface area contributed by atoms with Gasteiger partial charge in [0.2, 0.25) is 9.84 Å². The fourth-order valence-electron chi connectivity index (χ4n) is 3.67. The van der Waals surface area contributed by atoms with Crippen molar-refractivity contribution >= 4 is 27.2 Å². The molecule has 0 bridgehead atoms. The van der Waals surface area contributed by atoms with Crippen molar-refractivity contribution in [1.82, 2.24) is 9.78 Å². The Morgan fingerprint density at radius 2 is 1.94 bits per heavy atom. The summed E-state index contributed by atoms with van der Waals surface area (Å²) in [6, 6.07) is 6.84. The van der Waals surface area contributed by atoms with E-state index in [1.165, 1.54) is 18.3 Å². The molecule has 2 aromatic rings. The number of anilines is 2. The van der Waals surface area contributed by atoms with Crippen molar-refractivity contribution in [2.24, 2.45) is 11.5 Å². The highest BCUT2D eigenvalue weighted by atomic mass is 32.2. The molecule has 3 rings (SSSR count). The highest BCUT2D eigenvalue weighted by Crippen LogP contribution is 2.38. The van der Waals surface area contributed by atoms with Crippen LogP contribution in [-0.2, 0) is 15.4 Å². The third kappa shape index (κ3) is 4.52. The van der Waals surface area contributed by atoms with Crippen LogP contribution in [0.1, 0.15) is 42.5 Å². The second-order valence-corrected chi connectivity index (χ2v) is 9.47. The summed E-state index contributed by atoms with van der Waals surface area (Å²) in [4.78, 5) is 11.4. The molecule has 5 N–H and O–H groups in total. The number of rotatable bonds is 7. The molecule has 0 saturated heterocycles. The zero-order valence-corrected chi connectivity index (χ0v) is 17.3. The van der Waals surface area contributed by atoms with Crippen LogP contribution in [0.3, 0.4) is 0 Å². The molecule has 9 nitrogen and oxygen atoms in total. The van der Waals surface area contributed by atoms with Crippen molar-refractivity contribution in [3.05, 3.63) is 36.0 Å². The maximum absolute atomic E-state index is 12.7. The molecule has 31 heavy (non-hydrogen) atoms. The topological polar surface area (TPSA) is 157 Å². The summed E-state index contributed by atoms with van der Waals surface area (Å²) in [5.41, 5.74) is 11.3. The highest BCUT2D eigenvalue weighted by molar-refractivity contribution is 7.91. The lowest BCUT2D eigenvalue weighted by atomic mass is 9.78. The molecule has 1 aromatic carbocycles. The van der Waals surface area contributed by atoms with Crippen LogP contribution in [0.15, 0.2) is 35.4 Å². The molecule has 1 aliphatic carbocycles. The number of halogens is 2. The van der Waals surface area contributed by atoms with E-state index in [1.54, 1.807) is 4.68 Å². The number of carbonyl (C=O) groups excluding carboxylic acids is 1. The minimum absolute atomic E-state index is 0.0404. The number of sulfone groups is 1. The first-order valence-electron chi connectivity index (χ1n) is 9.51. The summed E-state index contributed by atoms with van der Waals surface area (Å²) >= 11 is 0. The Hall–Kier alpha value is -3.04. The number of nitrogens with two attached hydrogens (primary N) is 2. The molecule has 1 heterocycles. The normalized spacial score (nSPS) is 21.6. The van der Waals surface area contributed by atoms with Gasteiger partial charge in [-0.25, -0.2) is 8.42 Å². The predicted octanol–water partition coefficient (Wildman–Crippen LogP) is 2.23. The molecule has 1 fully saturated rings. The monoisotopic (exact) mass is 452 g/mol. The van der Waals surface area contributed by atoms with Crippen molar-refractivity contribution in [2.45, 2.75) is 54.3 Å². The first kappa shape index (κ1) is 22.6. The lowest BCUT2D eigenvalue weighted by Gasteiger charge is -2.38. The zero-order chi connectivity index (χ0) is 22.8. The summed E-state index contributed by atoms with van der Waals surface area (Å²) in [5, 5.41) is 16.6. The van der Waals surface area contributed by atoms with Gasteiger partial charge >= 0.3 is 5.76 Å². The average molecular weight is 452 g/mol.